The topological polar surface area (TPSA) is 105 Å². The second-order valence-electron chi connectivity index (χ2n) is 4.49. The molecule has 1 aliphatic carbocycles. The molecule has 1 aromatic rings. The number of rotatable bonds is 5. The van der Waals surface area contributed by atoms with Gasteiger partial charge in [0.05, 0.1) is 17.4 Å². The normalized spacial score (nSPS) is 16.7. The van der Waals surface area contributed by atoms with Crippen LogP contribution in [0.1, 0.15) is 25.7 Å². The van der Waals surface area contributed by atoms with Crippen molar-refractivity contribution in [1.82, 2.24) is 4.98 Å². The SMILES string of the molecule is O=C(O)CC1(Nc2cc([N+](=O)[O-])ccn2)CCC1. The predicted molar refractivity (Wildman–Crippen MR) is 63.3 cm³/mol. The first kappa shape index (κ1) is 12.3. The molecular weight excluding hydrogens is 238 g/mol. The molecule has 0 saturated heterocycles. The van der Waals surface area contributed by atoms with Crippen LogP contribution in [0.4, 0.5) is 11.5 Å². The molecule has 0 amide bonds. The van der Waals surface area contributed by atoms with Crippen LogP contribution in [-0.4, -0.2) is 26.5 Å². The molecule has 0 radical (unpaired) electrons. The van der Waals surface area contributed by atoms with Crippen molar-refractivity contribution >= 4 is 17.5 Å². The van der Waals surface area contributed by atoms with E-state index >= 15 is 0 Å². The van der Waals surface area contributed by atoms with E-state index in [9.17, 15) is 14.9 Å². The van der Waals surface area contributed by atoms with E-state index in [1.807, 2.05) is 0 Å². The summed E-state index contributed by atoms with van der Waals surface area (Å²) in [5.41, 5.74) is -0.564. The minimum Gasteiger partial charge on any atom is -0.481 e. The number of aromatic nitrogens is 1. The lowest BCUT2D eigenvalue weighted by molar-refractivity contribution is -0.384. The molecule has 7 nitrogen and oxygen atoms in total. The summed E-state index contributed by atoms with van der Waals surface area (Å²) in [6.45, 7) is 0. The van der Waals surface area contributed by atoms with Gasteiger partial charge in [0.25, 0.3) is 5.69 Å². The van der Waals surface area contributed by atoms with Gasteiger partial charge in [-0.25, -0.2) is 4.98 Å². The van der Waals surface area contributed by atoms with Gasteiger partial charge in [0.15, 0.2) is 0 Å². The Balaban J connectivity index is 2.14. The van der Waals surface area contributed by atoms with Gasteiger partial charge in [-0.2, -0.15) is 0 Å². The highest BCUT2D eigenvalue weighted by molar-refractivity contribution is 5.69. The van der Waals surface area contributed by atoms with Crippen LogP contribution in [0.3, 0.4) is 0 Å². The van der Waals surface area contributed by atoms with Gasteiger partial charge in [-0.15, -0.1) is 0 Å². The average Bonchev–Trinajstić information content (AvgIpc) is 2.25. The number of carboxylic acids is 1. The third-order valence-electron chi connectivity index (χ3n) is 3.15. The summed E-state index contributed by atoms with van der Waals surface area (Å²) in [6.07, 6.45) is 3.77. The number of pyridine rings is 1. The van der Waals surface area contributed by atoms with Gasteiger partial charge in [-0.3, -0.25) is 14.9 Å². The van der Waals surface area contributed by atoms with E-state index in [0.717, 1.165) is 19.3 Å². The molecule has 0 aromatic carbocycles. The van der Waals surface area contributed by atoms with Crippen molar-refractivity contribution in [2.75, 3.05) is 5.32 Å². The van der Waals surface area contributed by atoms with Gasteiger partial charge in [0.2, 0.25) is 0 Å². The van der Waals surface area contributed by atoms with Crippen molar-refractivity contribution in [2.45, 2.75) is 31.2 Å². The number of aliphatic carboxylic acids is 1. The maximum absolute atomic E-state index is 10.8. The molecule has 1 aliphatic rings. The highest BCUT2D eigenvalue weighted by Crippen LogP contribution is 2.38. The van der Waals surface area contributed by atoms with Gasteiger partial charge in [0.1, 0.15) is 5.82 Å². The van der Waals surface area contributed by atoms with Crippen molar-refractivity contribution in [3.05, 3.63) is 28.4 Å². The average molecular weight is 251 g/mol. The zero-order valence-electron chi connectivity index (χ0n) is 9.63. The predicted octanol–water partition coefficient (Wildman–Crippen LogP) is 1.80. The molecule has 0 aliphatic heterocycles. The Labute approximate surface area is 103 Å². The van der Waals surface area contributed by atoms with E-state index in [1.165, 1.54) is 18.3 Å². The summed E-state index contributed by atoms with van der Waals surface area (Å²) >= 11 is 0. The van der Waals surface area contributed by atoms with Crippen LogP contribution < -0.4 is 5.32 Å². The Bertz CT molecular complexity index is 485. The van der Waals surface area contributed by atoms with E-state index in [1.54, 1.807) is 0 Å². The van der Waals surface area contributed by atoms with E-state index in [0.29, 0.717) is 5.82 Å². The Hall–Kier alpha value is -2.18. The summed E-state index contributed by atoms with van der Waals surface area (Å²) in [4.78, 5) is 24.9. The molecule has 1 heterocycles. The largest absolute Gasteiger partial charge is 0.481 e. The lowest BCUT2D eigenvalue weighted by atomic mass is 9.74. The van der Waals surface area contributed by atoms with Crippen molar-refractivity contribution in [3.8, 4) is 0 Å². The van der Waals surface area contributed by atoms with Gasteiger partial charge in [0, 0.05) is 17.8 Å². The number of nitrogens with one attached hydrogen (secondary N) is 1. The maximum Gasteiger partial charge on any atom is 0.305 e. The fraction of sp³-hybridized carbons (Fsp3) is 0.455. The summed E-state index contributed by atoms with van der Waals surface area (Å²) in [7, 11) is 0. The molecule has 0 bridgehead atoms. The fourth-order valence-corrected chi connectivity index (χ4v) is 2.11. The lowest BCUT2D eigenvalue weighted by Crippen LogP contribution is -2.46. The second-order valence-corrected chi connectivity index (χ2v) is 4.49. The van der Waals surface area contributed by atoms with Crippen LogP contribution in [0, 0.1) is 10.1 Å². The lowest BCUT2D eigenvalue weighted by Gasteiger charge is -2.41. The second kappa shape index (κ2) is 4.59. The van der Waals surface area contributed by atoms with Gasteiger partial charge >= 0.3 is 5.97 Å². The van der Waals surface area contributed by atoms with E-state index in [4.69, 9.17) is 5.11 Å². The zero-order valence-corrected chi connectivity index (χ0v) is 9.63. The molecule has 7 heteroatoms. The highest BCUT2D eigenvalue weighted by atomic mass is 16.6. The smallest absolute Gasteiger partial charge is 0.305 e. The third-order valence-corrected chi connectivity index (χ3v) is 3.15. The number of hydrogen-bond acceptors (Lipinski definition) is 5. The van der Waals surface area contributed by atoms with Crippen molar-refractivity contribution in [2.24, 2.45) is 0 Å². The van der Waals surface area contributed by atoms with E-state index in [2.05, 4.69) is 10.3 Å². The summed E-state index contributed by atoms with van der Waals surface area (Å²) in [6, 6.07) is 2.62. The minimum absolute atomic E-state index is 0.00261. The number of anilines is 1. The van der Waals surface area contributed by atoms with Crippen molar-refractivity contribution < 1.29 is 14.8 Å². The third kappa shape index (κ3) is 2.55. The molecule has 0 unspecified atom stereocenters. The standard InChI is InChI=1S/C11H13N3O4/c15-10(16)7-11(3-1-4-11)13-9-6-8(14(17)18)2-5-12-9/h2,5-6H,1,3-4,7H2,(H,12,13)(H,15,16). The van der Waals surface area contributed by atoms with E-state index in [-0.39, 0.29) is 12.1 Å². The molecule has 2 rings (SSSR count). The number of carboxylic acid groups (broad SMARTS) is 1. The van der Waals surface area contributed by atoms with Crippen LogP contribution >= 0.6 is 0 Å². The maximum atomic E-state index is 10.8. The first-order chi connectivity index (χ1) is 8.51. The molecule has 0 spiro atoms. The van der Waals surface area contributed by atoms with Crippen molar-refractivity contribution in [3.63, 3.8) is 0 Å². The fourth-order valence-electron chi connectivity index (χ4n) is 2.11. The summed E-state index contributed by atoms with van der Waals surface area (Å²) in [5, 5.41) is 22.5. The molecule has 18 heavy (non-hydrogen) atoms. The first-order valence-electron chi connectivity index (χ1n) is 5.61. The van der Waals surface area contributed by atoms with Crippen LogP contribution in [0.25, 0.3) is 0 Å². The van der Waals surface area contributed by atoms with Gasteiger partial charge in [-0.1, -0.05) is 0 Å². The Kier molecular flexibility index (Phi) is 3.14. The number of carbonyl (C=O) groups is 1. The Morgan fingerprint density at radius 1 is 1.61 bits per heavy atom. The quantitative estimate of drug-likeness (QED) is 0.610. The zero-order chi connectivity index (χ0) is 13.2. The van der Waals surface area contributed by atoms with E-state index < -0.39 is 16.4 Å². The first-order valence-corrected chi connectivity index (χ1v) is 5.61. The number of nitrogens with zero attached hydrogens (tertiary/aromatic N) is 2. The molecule has 1 saturated carbocycles. The van der Waals surface area contributed by atoms with Gasteiger partial charge in [-0.05, 0) is 19.3 Å². The van der Waals surface area contributed by atoms with Gasteiger partial charge < -0.3 is 10.4 Å². The molecule has 1 fully saturated rings. The summed E-state index contributed by atoms with van der Waals surface area (Å²) < 4.78 is 0. The highest BCUT2D eigenvalue weighted by Gasteiger charge is 2.39. The molecular formula is C11H13N3O4. The molecule has 2 N–H and O–H groups in total. The molecule has 96 valence electrons. The van der Waals surface area contributed by atoms with Crippen LogP contribution in [0.5, 0.6) is 0 Å². The van der Waals surface area contributed by atoms with Crippen LogP contribution in [0.15, 0.2) is 18.3 Å². The molecule has 0 atom stereocenters. The number of hydrogen-bond donors (Lipinski definition) is 2. The van der Waals surface area contributed by atoms with Crippen molar-refractivity contribution in [1.29, 1.82) is 0 Å². The monoisotopic (exact) mass is 251 g/mol. The number of nitro groups is 1. The Morgan fingerprint density at radius 2 is 2.33 bits per heavy atom. The Morgan fingerprint density at radius 3 is 2.83 bits per heavy atom. The van der Waals surface area contributed by atoms with Crippen LogP contribution in [0.2, 0.25) is 0 Å². The van der Waals surface area contributed by atoms with Crippen LogP contribution in [-0.2, 0) is 4.79 Å². The summed E-state index contributed by atoms with van der Waals surface area (Å²) in [5.74, 6) is -0.530. The minimum atomic E-state index is -0.882. The molecule has 1 aromatic heterocycles.